The van der Waals surface area contributed by atoms with E-state index in [0.717, 1.165) is 26.0 Å². The zero-order valence-electron chi connectivity index (χ0n) is 10.9. The van der Waals surface area contributed by atoms with Crippen molar-refractivity contribution >= 4 is 5.91 Å². The minimum absolute atomic E-state index is 0.130. The summed E-state index contributed by atoms with van der Waals surface area (Å²) in [5.74, 6) is 0.836. The lowest BCUT2D eigenvalue weighted by Crippen LogP contribution is -2.51. The number of likely N-dealkylation sites (tertiary alicyclic amines) is 1. The number of hydrogen-bond acceptors (Lipinski definition) is 3. The summed E-state index contributed by atoms with van der Waals surface area (Å²) >= 11 is 0. The van der Waals surface area contributed by atoms with E-state index in [4.69, 9.17) is 10.5 Å². The van der Waals surface area contributed by atoms with E-state index in [2.05, 4.69) is 6.92 Å². The van der Waals surface area contributed by atoms with Crippen LogP contribution in [0.5, 0.6) is 0 Å². The Kier molecular flexibility index (Phi) is 4.05. The summed E-state index contributed by atoms with van der Waals surface area (Å²) in [7, 11) is 0. The van der Waals surface area contributed by atoms with E-state index in [1.807, 2.05) is 11.8 Å². The summed E-state index contributed by atoms with van der Waals surface area (Å²) < 4.78 is 5.63. The molecule has 0 radical (unpaired) electrons. The molecule has 0 bridgehead atoms. The lowest BCUT2D eigenvalue weighted by molar-refractivity contribution is -0.146. The molecular formula is C13H24N2O2. The van der Waals surface area contributed by atoms with Crippen molar-refractivity contribution in [2.45, 2.75) is 57.7 Å². The van der Waals surface area contributed by atoms with Crippen molar-refractivity contribution in [3.8, 4) is 0 Å². The normalized spacial score (nSPS) is 31.4. The van der Waals surface area contributed by atoms with E-state index in [9.17, 15) is 4.79 Å². The number of ether oxygens (including phenoxy) is 1. The topological polar surface area (TPSA) is 55.6 Å². The Hall–Kier alpha value is -0.610. The van der Waals surface area contributed by atoms with E-state index in [1.165, 1.54) is 12.8 Å². The molecule has 0 aromatic carbocycles. The van der Waals surface area contributed by atoms with Gasteiger partial charge in [-0.05, 0) is 45.4 Å². The highest BCUT2D eigenvalue weighted by Crippen LogP contribution is 2.29. The zero-order chi connectivity index (χ0) is 12.4. The lowest BCUT2D eigenvalue weighted by Gasteiger charge is -2.37. The van der Waals surface area contributed by atoms with Crippen molar-refractivity contribution < 1.29 is 9.53 Å². The second-order valence-corrected chi connectivity index (χ2v) is 5.58. The Labute approximate surface area is 103 Å². The quantitative estimate of drug-likeness (QED) is 0.801. The number of amides is 1. The Morgan fingerprint density at radius 1 is 1.47 bits per heavy atom. The van der Waals surface area contributed by atoms with Gasteiger partial charge < -0.3 is 15.4 Å². The molecule has 1 aliphatic heterocycles. The molecule has 0 aromatic rings. The van der Waals surface area contributed by atoms with Gasteiger partial charge in [0.05, 0.1) is 6.61 Å². The van der Waals surface area contributed by atoms with Crippen LogP contribution < -0.4 is 5.73 Å². The molecule has 2 aliphatic rings. The maximum Gasteiger partial charge on any atom is 0.251 e. The third kappa shape index (κ3) is 3.42. The average molecular weight is 240 g/mol. The fraction of sp³-hybridized carbons (Fsp3) is 0.923. The van der Waals surface area contributed by atoms with Gasteiger partial charge in [0.2, 0.25) is 0 Å². The monoisotopic (exact) mass is 240 g/mol. The molecule has 2 fully saturated rings. The maximum atomic E-state index is 12.2. The third-order valence-electron chi connectivity index (χ3n) is 3.83. The number of hydrogen-bond donors (Lipinski definition) is 1. The Morgan fingerprint density at radius 3 is 2.76 bits per heavy atom. The largest absolute Gasteiger partial charge is 0.368 e. The van der Waals surface area contributed by atoms with Crippen LogP contribution in [-0.2, 0) is 9.53 Å². The first kappa shape index (κ1) is 12.8. The predicted octanol–water partition coefficient (Wildman–Crippen LogP) is 1.14. The van der Waals surface area contributed by atoms with Crippen LogP contribution in [0.15, 0.2) is 0 Å². The van der Waals surface area contributed by atoms with Crippen molar-refractivity contribution in [3.05, 3.63) is 0 Å². The molecule has 1 amide bonds. The van der Waals surface area contributed by atoms with Crippen molar-refractivity contribution in [1.82, 2.24) is 4.90 Å². The van der Waals surface area contributed by atoms with Gasteiger partial charge in [0, 0.05) is 18.6 Å². The number of carbonyl (C=O) groups excluding carboxylic acids is 1. The Balaban J connectivity index is 1.80. The summed E-state index contributed by atoms with van der Waals surface area (Å²) in [6.45, 7) is 5.46. The smallest absolute Gasteiger partial charge is 0.251 e. The van der Waals surface area contributed by atoms with Crippen LogP contribution in [-0.4, -0.2) is 42.1 Å². The molecule has 0 aromatic heterocycles. The first-order chi connectivity index (χ1) is 8.08. The van der Waals surface area contributed by atoms with Gasteiger partial charge in [0.15, 0.2) is 0 Å². The van der Waals surface area contributed by atoms with Crippen LogP contribution in [0.25, 0.3) is 0 Å². The summed E-state index contributed by atoms with van der Waals surface area (Å²) in [6, 6.07) is 0.495. The molecule has 17 heavy (non-hydrogen) atoms. The summed E-state index contributed by atoms with van der Waals surface area (Å²) in [6.07, 6.45) is 4.03. The van der Waals surface area contributed by atoms with Gasteiger partial charge in [-0.1, -0.05) is 0 Å². The van der Waals surface area contributed by atoms with Gasteiger partial charge in [-0.3, -0.25) is 4.79 Å². The SMILES string of the molecule is C[C@H](OCC1CC1)C(=O)N1CC[C@@H](N)C[C@@H]1C. The maximum absolute atomic E-state index is 12.2. The van der Waals surface area contributed by atoms with Crippen LogP contribution in [0.3, 0.4) is 0 Å². The first-order valence-electron chi connectivity index (χ1n) is 6.75. The molecule has 1 heterocycles. The third-order valence-corrected chi connectivity index (χ3v) is 3.83. The molecule has 2 rings (SSSR count). The number of carbonyl (C=O) groups is 1. The fourth-order valence-electron chi connectivity index (χ4n) is 2.41. The Morgan fingerprint density at radius 2 is 2.18 bits per heavy atom. The van der Waals surface area contributed by atoms with E-state index in [1.54, 1.807) is 0 Å². The highest BCUT2D eigenvalue weighted by Gasteiger charge is 2.31. The summed E-state index contributed by atoms with van der Waals surface area (Å²) in [5.41, 5.74) is 5.90. The van der Waals surface area contributed by atoms with Crippen molar-refractivity contribution in [2.24, 2.45) is 11.7 Å². The molecule has 1 saturated carbocycles. The van der Waals surface area contributed by atoms with Crippen LogP contribution >= 0.6 is 0 Å². The molecule has 0 unspecified atom stereocenters. The average Bonchev–Trinajstić information content (AvgIpc) is 3.09. The number of nitrogens with zero attached hydrogens (tertiary/aromatic N) is 1. The molecule has 2 N–H and O–H groups in total. The highest BCUT2D eigenvalue weighted by molar-refractivity contribution is 5.81. The van der Waals surface area contributed by atoms with E-state index >= 15 is 0 Å². The van der Waals surface area contributed by atoms with Crippen molar-refractivity contribution in [3.63, 3.8) is 0 Å². The summed E-state index contributed by atoms with van der Waals surface area (Å²) in [4.78, 5) is 14.1. The number of piperidine rings is 1. The second kappa shape index (κ2) is 5.36. The predicted molar refractivity (Wildman–Crippen MR) is 66.5 cm³/mol. The molecule has 3 atom stereocenters. The van der Waals surface area contributed by atoms with E-state index in [-0.39, 0.29) is 24.1 Å². The van der Waals surface area contributed by atoms with Crippen LogP contribution in [0.1, 0.15) is 39.5 Å². The first-order valence-corrected chi connectivity index (χ1v) is 6.75. The van der Waals surface area contributed by atoms with Gasteiger partial charge in [0.1, 0.15) is 6.10 Å². The molecular weight excluding hydrogens is 216 g/mol. The number of rotatable bonds is 4. The number of nitrogens with two attached hydrogens (primary N) is 1. The molecule has 0 spiro atoms. The molecule has 98 valence electrons. The van der Waals surface area contributed by atoms with Crippen LogP contribution in [0.2, 0.25) is 0 Å². The molecule has 1 saturated heterocycles. The minimum atomic E-state index is -0.299. The van der Waals surface area contributed by atoms with Gasteiger partial charge >= 0.3 is 0 Å². The summed E-state index contributed by atoms with van der Waals surface area (Å²) in [5, 5.41) is 0. The van der Waals surface area contributed by atoms with Crippen LogP contribution in [0.4, 0.5) is 0 Å². The van der Waals surface area contributed by atoms with Gasteiger partial charge in [0.25, 0.3) is 5.91 Å². The molecule has 4 nitrogen and oxygen atoms in total. The highest BCUT2D eigenvalue weighted by atomic mass is 16.5. The Bertz CT molecular complexity index is 279. The zero-order valence-corrected chi connectivity index (χ0v) is 10.9. The standard InChI is InChI=1S/C13H24N2O2/c1-9-7-12(14)5-6-15(9)13(16)10(2)17-8-11-3-4-11/h9-12H,3-8,14H2,1-2H3/t9-,10-,12+/m0/s1. The lowest BCUT2D eigenvalue weighted by atomic mass is 9.98. The van der Waals surface area contributed by atoms with Crippen molar-refractivity contribution in [2.75, 3.05) is 13.2 Å². The fourth-order valence-corrected chi connectivity index (χ4v) is 2.41. The van der Waals surface area contributed by atoms with Crippen LogP contribution in [0, 0.1) is 5.92 Å². The van der Waals surface area contributed by atoms with Gasteiger partial charge in [-0.25, -0.2) is 0 Å². The van der Waals surface area contributed by atoms with E-state index in [0.29, 0.717) is 5.92 Å². The van der Waals surface area contributed by atoms with Crippen molar-refractivity contribution in [1.29, 1.82) is 0 Å². The minimum Gasteiger partial charge on any atom is -0.368 e. The second-order valence-electron chi connectivity index (χ2n) is 5.58. The van der Waals surface area contributed by atoms with Gasteiger partial charge in [-0.2, -0.15) is 0 Å². The molecule has 4 heteroatoms. The molecule has 1 aliphatic carbocycles. The van der Waals surface area contributed by atoms with E-state index < -0.39 is 0 Å². The van der Waals surface area contributed by atoms with Gasteiger partial charge in [-0.15, -0.1) is 0 Å².